The van der Waals surface area contributed by atoms with Crippen LogP contribution >= 0.6 is 0 Å². The SMILES string of the molecule is CNC(O)(O)O.NC(CO)(CO)CO.O=C(O)C(F)(F)F. The molecule has 0 aliphatic carbocycles. The number of carboxylic acids is 1. The summed E-state index contributed by atoms with van der Waals surface area (Å²) < 4.78 is 31.7. The summed E-state index contributed by atoms with van der Waals surface area (Å²) in [5, 5.41) is 57.4. The van der Waals surface area contributed by atoms with Crippen molar-refractivity contribution in [3.63, 3.8) is 0 Å². The lowest BCUT2D eigenvalue weighted by Crippen LogP contribution is -2.50. The molecular weight excluding hydrogens is 309 g/mol. The molecule has 0 atom stereocenters. The second kappa shape index (κ2) is 10.6. The van der Waals surface area contributed by atoms with Crippen molar-refractivity contribution in [1.29, 1.82) is 0 Å². The van der Waals surface area contributed by atoms with Crippen LogP contribution in [0.4, 0.5) is 13.2 Å². The van der Waals surface area contributed by atoms with Gasteiger partial charge in [0.25, 0.3) is 0 Å². The van der Waals surface area contributed by atoms with E-state index in [-0.39, 0.29) is 0 Å². The fourth-order valence-electron chi connectivity index (χ4n) is 0.150. The van der Waals surface area contributed by atoms with E-state index in [2.05, 4.69) is 0 Å². The highest BCUT2D eigenvalue weighted by molar-refractivity contribution is 5.73. The number of aliphatic carboxylic acids is 1. The van der Waals surface area contributed by atoms with Crippen LogP contribution in [0.2, 0.25) is 0 Å². The van der Waals surface area contributed by atoms with Gasteiger partial charge in [0.15, 0.2) is 0 Å². The molecule has 0 fully saturated rings. The maximum absolute atomic E-state index is 10.6. The number of rotatable bonds is 4. The molecule has 0 radical (unpaired) electrons. The first kappa shape index (κ1) is 24.9. The molecule has 0 aromatic heterocycles. The van der Waals surface area contributed by atoms with Gasteiger partial charge in [-0.2, -0.15) is 13.2 Å². The van der Waals surface area contributed by atoms with Crippen LogP contribution in [-0.4, -0.2) is 86.4 Å². The zero-order chi connectivity index (χ0) is 17.9. The van der Waals surface area contributed by atoms with Gasteiger partial charge in [-0.1, -0.05) is 0 Å². The van der Waals surface area contributed by atoms with Crippen molar-refractivity contribution < 1.29 is 53.7 Å². The maximum atomic E-state index is 10.6. The number of hydrogen-bond acceptors (Lipinski definition) is 9. The van der Waals surface area contributed by atoms with Gasteiger partial charge in [-0.15, -0.1) is 0 Å². The predicted molar refractivity (Wildman–Crippen MR) is 60.3 cm³/mol. The smallest absolute Gasteiger partial charge is 0.475 e. The van der Waals surface area contributed by atoms with E-state index < -0.39 is 43.6 Å². The predicted octanol–water partition coefficient (Wildman–Crippen LogP) is -3.91. The Balaban J connectivity index is -0.000000234. The molecule has 10 nitrogen and oxygen atoms in total. The van der Waals surface area contributed by atoms with Crippen LogP contribution < -0.4 is 11.1 Å². The molecule has 0 bridgehead atoms. The van der Waals surface area contributed by atoms with Crippen molar-refractivity contribution in [2.75, 3.05) is 26.9 Å². The second-order valence-corrected chi connectivity index (χ2v) is 3.53. The van der Waals surface area contributed by atoms with E-state index in [0.29, 0.717) is 0 Å². The number of halogens is 3. The summed E-state index contributed by atoms with van der Waals surface area (Å²) in [5.41, 5.74) is 3.94. The third kappa shape index (κ3) is 18.9. The Bertz CT molecular complexity index is 269. The van der Waals surface area contributed by atoms with Gasteiger partial charge in [0.2, 0.25) is 0 Å². The van der Waals surface area contributed by atoms with E-state index in [4.69, 9.17) is 46.3 Å². The first-order chi connectivity index (χ1) is 9.19. The lowest BCUT2D eigenvalue weighted by Gasteiger charge is -2.20. The van der Waals surface area contributed by atoms with E-state index >= 15 is 0 Å². The van der Waals surface area contributed by atoms with Crippen molar-refractivity contribution in [3.05, 3.63) is 0 Å². The molecule has 0 aromatic rings. The molecule has 0 spiro atoms. The Labute approximate surface area is 116 Å². The van der Waals surface area contributed by atoms with Gasteiger partial charge in [0, 0.05) is 0 Å². The Morgan fingerprint density at radius 2 is 1.24 bits per heavy atom. The summed E-state index contributed by atoms with van der Waals surface area (Å²) in [4.78, 5) is 8.90. The van der Waals surface area contributed by atoms with Crippen LogP contribution in [0.25, 0.3) is 0 Å². The minimum atomic E-state index is -5.08. The summed E-state index contributed by atoms with van der Waals surface area (Å²) in [6.07, 6.45) is -7.79. The molecule has 0 aliphatic heterocycles. The van der Waals surface area contributed by atoms with Crippen LogP contribution in [0.3, 0.4) is 0 Å². The number of aliphatic hydroxyl groups excluding tert-OH is 3. The van der Waals surface area contributed by atoms with Gasteiger partial charge < -0.3 is 41.5 Å². The van der Waals surface area contributed by atoms with E-state index in [9.17, 15) is 13.2 Å². The number of carboxylic acid groups (broad SMARTS) is 1. The normalized spacial score (nSPS) is 11.8. The number of aliphatic hydroxyl groups is 6. The Hall–Kier alpha value is -1.06. The Morgan fingerprint density at radius 1 is 1.05 bits per heavy atom. The highest BCUT2D eigenvalue weighted by atomic mass is 19.4. The molecule has 0 heterocycles. The highest BCUT2D eigenvalue weighted by Crippen LogP contribution is 2.13. The van der Waals surface area contributed by atoms with Crippen LogP contribution in [0.15, 0.2) is 0 Å². The number of alkyl halides is 3. The molecule has 0 aliphatic rings. The average Bonchev–Trinajstić information content (AvgIpc) is 2.37. The average molecular weight is 328 g/mol. The number of carbonyl (C=O) groups is 1. The number of nitrogens with one attached hydrogen (secondary N) is 1. The lowest BCUT2D eigenvalue weighted by atomic mass is 10.1. The van der Waals surface area contributed by atoms with E-state index in [1.54, 1.807) is 5.32 Å². The standard InChI is InChI=1S/C4H11NO3.C2HF3O2.C2H7NO3/c5-4(1-6,2-7)3-8;3-2(4,5)1(6)7;1-3-2(4,5)6/h6-8H,1-3,5H2;(H,6,7);3-6H,1H3. The number of hydrogen-bond donors (Lipinski definition) is 9. The molecule has 21 heavy (non-hydrogen) atoms. The van der Waals surface area contributed by atoms with Gasteiger partial charge in [0.1, 0.15) is 0 Å². The summed E-state index contributed by atoms with van der Waals surface area (Å²) in [5.74, 6) is -2.76. The van der Waals surface area contributed by atoms with Gasteiger partial charge in [-0.3, -0.25) is 0 Å². The molecule has 10 N–H and O–H groups in total. The number of nitrogens with two attached hydrogens (primary N) is 1. The Morgan fingerprint density at radius 3 is 1.24 bits per heavy atom. The van der Waals surface area contributed by atoms with Crippen LogP contribution in [0.1, 0.15) is 0 Å². The van der Waals surface area contributed by atoms with Gasteiger partial charge in [-0.05, 0) is 7.05 Å². The molecule has 0 unspecified atom stereocenters. The molecule has 0 amide bonds. The minimum Gasteiger partial charge on any atom is -0.475 e. The summed E-state index contributed by atoms with van der Waals surface area (Å²) in [6.45, 7) is -1.21. The van der Waals surface area contributed by atoms with Crippen molar-refractivity contribution in [2.45, 2.75) is 17.8 Å². The minimum absolute atomic E-state index is 0.403. The fourth-order valence-corrected chi connectivity index (χ4v) is 0.150. The third-order valence-corrected chi connectivity index (χ3v) is 1.52. The van der Waals surface area contributed by atoms with Crippen molar-refractivity contribution in [2.24, 2.45) is 5.73 Å². The molecule has 130 valence electrons. The monoisotopic (exact) mass is 328 g/mol. The van der Waals surface area contributed by atoms with Gasteiger partial charge >= 0.3 is 18.2 Å². The highest BCUT2D eigenvalue weighted by Gasteiger charge is 2.38. The van der Waals surface area contributed by atoms with Crippen LogP contribution in [0.5, 0.6) is 0 Å². The van der Waals surface area contributed by atoms with Crippen LogP contribution in [-0.2, 0) is 4.79 Å². The molecular formula is C8H19F3N2O8. The van der Waals surface area contributed by atoms with Crippen LogP contribution in [0, 0.1) is 0 Å². The van der Waals surface area contributed by atoms with Crippen molar-refractivity contribution in [1.82, 2.24) is 5.32 Å². The molecule has 0 aromatic carbocycles. The molecule has 0 saturated carbocycles. The zero-order valence-corrected chi connectivity index (χ0v) is 10.9. The largest absolute Gasteiger partial charge is 0.490 e. The molecule has 13 heteroatoms. The topological polar surface area (TPSA) is 197 Å². The second-order valence-electron chi connectivity index (χ2n) is 3.53. The first-order valence-electron chi connectivity index (χ1n) is 4.96. The summed E-state index contributed by atoms with van der Waals surface area (Å²) >= 11 is 0. The Kier molecular flexibility index (Phi) is 12.6. The fraction of sp³-hybridized carbons (Fsp3) is 0.875. The van der Waals surface area contributed by atoms with E-state index in [0.717, 1.165) is 0 Å². The first-order valence-corrected chi connectivity index (χ1v) is 4.96. The van der Waals surface area contributed by atoms with E-state index in [1.165, 1.54) is 7.05 Å². The van der Waals surface area contributed by atoms with Gasteiger partial charge in [-0.25, -0.2) is 10.1 Å². The van der Waals surface area contributed by atoms with Crippen molar-refractivity contribution >= 4 is 5.97 Å². The van der Waals surface area contributed by atoms with Gasteiger partial charge in [0.05, 0.1) is 25.4 Å². The molecule has 0 saturated heterocycles. The molecule has 0 rings (SSSR count). The summed E-state index contributed by atoms with van der Waals surface area (Å²) in [6, 6.07) is 0. The van der Waals surface area contributed by atoms with Crippen molar-refractivity contribution in [3.8, 4) is 0 Å². The van der Waals surface area contributed by atoms with E-state index in [1.807, 2.05) is 0 Å². The maximum Gasteiger partial charge on any atom is 0.490 e. The lowest BCUT2D eigenvalue weighted by molar-refractivity contribution is -0.328. The third-order valence-electron chi connectivity index (χ3n) is 1.52. The quantitative estimate of drug-likeness (QED) is 0.230. The zero-order valence-electron chi connectivity index (χ0n) is 10.9. The summed E-state index contributed by atoms with van der Waals surface area (Å²) in [7, 11) is 1.21.